The molecule has 2 aromatic rings. The minimum atomic E-state index is -4.64. The van der Waals surface area contributed by atoms with Crippen molar-refractivity contribution >= 4 is 5.97 Å². The van der Waals surface area contributed by atoms with Crippen LogP contribution < -0.4 is 0 Å². The van der Waals surface area contributed by atoms with E-state index in [9.17, 15) is 18.0 Å². The van der Waals surface area contributed by atoms with Gasteiger partial charge >= 0.3 is 12.1 Å². The number of ether oxygens (including phenoxy) is 3. The zero-order valence-corrected chi connectivity index (χ0v) is 16.6. The van der Waals surface area contributed by atoms with Gasteiger partial charge in [-0.25, -0.2) is 4.79 Å². The molecule has 1 aliphatic carbocycles. The fourth-order valence-electron chi connectivity index (χ4n) is 3.61. The molecule has 2 aliphatic rings. The van der Waals surface area contributed by atoms with Gasteiger partial charge in [0, 0.05) is 17.3 Å². The van der Waals surface area contributed by atoms with Crippen LogP contribution in [0.25, 0.3) is 11.3 Å². The number of nitrogens with zero attached hydrogens (tertiary/aromatic N) is 2. The van der Waals surface area contributed by atoms with Crippen LogP contribution in [0.1, 0.15) is 47.2 Å². The Balaban J connectivity index is 1.72. The molecule has 1 saturated heterocycles. The molecule has 0 radical (unpaired) electrons. The van der Waals surface area contributed by atoms with E-state index in [0.717, 1.165) is 24.5 Å². The lowest BCUT2D eigenvalue weighted by molar-refractivity contribution is -0.137. The Bertz CT molecular complexity index is 915. The Morgan fingerprint density at radius 2 is 2.10 bits per heavy atom. The third-order valence-corrected chi connectivity index (χ3v) is 5.17. The molecule has 1 aliphatic heterocycles. The Hall–Kier alpha value is -2.39. The van der Waals surface area contributed by atoms with Gasteiger partial charge in [0.25, 0.3) is 0 Å². The molecule has 0 bridgehead atoms. The molecule has 2 fully saturated rings. The predicted octanol–water partition coefficient (Wildman–Crippen LogP) is 4.04. The van der Waals surface area contributed by atoms with E-state index in [0.29, 0.717) is 32.1 Å². The zero-order valence-electron chi connectivity index (χ0n) is 16.6. The summed E-state index contributed by atoms with van der Waals surface area (Å²) < 4.78 is 59.1. The van der Waals surface area contributed by atoms with Crippen LogP contribution in [0.15, 0.2) is 24.4 Å². The van der Waals surface area contributed by atoms with E-state index in [1.165, 1.54) is 12.1 Å². The van der Waals surface area contributed by atoms with Crippen molar-refractivity contribution in [3.63, 3.8) is 0 Å². The molecule has 0 N–H and O–H groups in total. The molecule has 30 heavy (non-hydrogen) atoms. The number of carbonyl (C=O) groups excluding carboxylic acids is 1. The van der Waals surface area contributed by atoms with E-state index in [1.807, 2.05) is 6.20 Å². The van der Waals surface area contributed by atoms with Crippen LogP contribution in [0.5, 0.6) is 0 Å². The first kappa shape index (κ1) is 20.9. The van der Waals surface area contributed by atoms with Crippen LogP contribution in [0.2, 0.25) is 0 Å². The second-order valence-corrected chi connectivity index (χ2v) is 7.48. The van der Waals surface area contributed by atoms with Gasteiger partial charge < -0.3 is 14.2 Å². The number of rotatable bonds is 6. The van der Waals surface area contributed by atoms with Gasteiger partial charge in [-0.2, -0.15) is 18.3 Å². The SMILES string of the molecule is CCOC(=O)c1ccc(-c2nn(C[C@H]3COCCO3)cc2C2CC2)c(C(F)(F)F)c1. The minimum absolute atomic E-state index is 0.0305. The van der Waals surface area contributed by atoms with Crippen molar-refractivity contribution < 1.29 is 32.2 Å². The van der Waals surface area contributed by atoms with Crippen LogP contribution in [-0.4, -0.2) is 48.3 Å². The molecule has 0 unspecified atom stereocenters. The number of carbonyl (C=O) groups is 1. The third-order valence-electron chi connectivity index (χ3n) is 5.17. The molecule has 162 valence electrons. The van der Waals surface area contributed by atoms with Gasteiger partial charge in [0.05, 0.1) is 49.8 Å². The third kappa shape index (κ3) is 4.52. The highest BCUT2D eigenvalue weighted by atomic mass is 19.4. The van der Waals surface area contributed by atoms with Crippen LogP contribution in [0.3, 0.4) is 0 Å². The normalized spacial score (nSPS) is 19.7. The van der Waals surface area contributed by atoms with Crippen molar-refractivity contribution in [1.29, 1.82) is 0 Å². The van der Waals surface area contributed by atoms with Crippen LogP contribution in [0, 0.1) is 0 Å². The van der Waals surface area contributed by atoms with Crippen molar-refractivity contribution in [2.45, 2.75) is 44.5 Å². The van der Waals surface area contributed by atoms with E-state index in [-0.39, 0.29) is 29.8 Å². The van der Waals surface area contributed by atoms with E-state index >= 15 is 0 Å². The van der Waals surface area contributed by atoms with Gasteiger partial charge in [0.2, 0.25) is 0 Å². The molecule has 2 heterocycles. The van der Waals surface area contributed by atoms with E-state index in [4.69, 9.17) is 14.2 Å². The molecule has 1 aromatic carbocycles. The fraction of sp³-hybridized carbons (Fsp3) is 0.524. The fourth-order valence-corrected chi connectivity index (χ4v) is 3.61. The molecule has 9 heteroatoms. The van der Waals surface area contributed by atoms with Crippen LogP contribution >= 0.6 is 0 Å². The monoisotopic (exact) mass is 424 g/mol. The highest BCUT2D eigenvalue weighted by molar-refractivity contribution is 5.90. The van der Waals surface area contributed by atoms with Gasteiger partial charge in [0.1, 0.15) is 6.10 Å². The van der Waals surface area contributed by atoms with Crippen molar-refractivity contribution in [3.05, 3.63) is 41.1 Å². The molecule has 0 amide bonds. The number of benzene rings is 1. The average molecular weight is 424 g/mol. The average Bonchev–Trinajstić information content (AvgIpc) is 3.48. The molecular weight excluding hydrogens is 401 g/mol. The lowest BCUT2D eigenvalue weighted by Gasteiger charge is -2.22. The summed E-state index contributed by atoms with van der Waals surface area (Å²) in [5, 5.41) is 4.49. The summed E-state index contributed by atoms with van der Waals surface area (Å²) in [6.07, 6.45) is -1.17. The number of hydrogen-bond donors (Lipinski definition) is 0. The van der Waals surface area contributed by atoms with Gasteiger partial charge in [0.15, 0.2) is 0 Å². The van der Waals surface area contributed by atoms with Gasteiger partial charge in [-0.3, -0.25) is 4.68 Å². The lowest BCUT2D eigenvalue weighted by Crippen LogP contribution is -2.32. The summed E-state index contributed by atoms with van der Waals surface area (Å²) >= 11 is 0. The molecule has 0 spiro atoms. The maximum atomic E-state index is 13.9. The lowest BCUT2D eigenvalue weighted by atomic mass is 9.97. The Labute approximate surface area is 171 Å². The van der Waals surface area contributed by atoms with Crippen molar-refractivity contribution in [2.24, 2.45) is 0 Å². The number of aromatic nitrogens is 2. The summed E-state index contributed by atoms with van der Waals surface area (Å²) in [6, 6.07) is 3.52. The first-order chi connectivity index (χ1) is 14.4. The molecule has 1 saturated carbocycles. The molecular formula is C21H23F3N2O4. The maximum Gasteiger partial charge on any atom is 0.417 e. The Morgan fingerprint density at radius 3 is 2.73 bits per heavy atom. The van der Waals surface area contributed by atoms with E-state index in [1.54, 1.807) is 11.6 Å². The number of halogens is 3. The molecule has 1 aromatic heterocycles. The Kier molecular flexibility index (Phi) is 5.84. The molecule has 1 atom stereocenters. The van der Waals surface area contributed by atoms with Gasteiger partial charge in [-0.1, -0.05) is 6.07 Å². The van der Waals surface area contributed by atoms with Crippen molar-refractivity contribution in [2.75, 3.05) is 26.4 Å². The first-order valence-electron chi connectivity index (χ1n) is 10.0. The first-order valence-corrected chi connectivity index (χ1v) is 10.0. The van der Waals surface area contributed by atoms with Crippen molar-refractivity contribution in [3.8, 4) is 11.3 Å². The zero-order chi connectivity index (χ0) is 21.3. The smallest absolute Gasteiger partial charge is 0.417 e. The second kappa shape index (κ2) is 8.39. The molecule has 6 nitrogen and oxygen atoms in total. The quantitative estimate of drug-likeness (QED) is 0.655. The van der Waals surface area contributed by atoms with Crippen LogP contribution in [0.4, 0.5) is 13.2 Å². The second-order valence-electron chi connectivity index (χ2n) is 7.48. The summed E-state index contributed by atoms with van der Waals surface area (Å²) in [7, 11) is 0. The number of alkyl halides is 3. The topological polar surface area (TPSA) is 62.6 Å². The summed E-state index contributed by atoms with van der Waals surface area (Å²) in [4.78, 5) is 11.9. The standard InChI is InChI=1S/C21H23F3N2O4/c1-2-29-20(27)14-5-6-16(18(9-14)21(22,23)24)19-17(13-3-4-13)11-26(25-19)10-15-12-28-7-8-30-15/h5-6,9,11,13,15H,2-4,7-8,10,12H2,1H3/t15-/m0/s1. The maximum absolute atomic E-state index is 13.9. The molecule has 4 rings (SSSR count). The van der Waals surface area contributed by atoms with Crippen LogP contribution in [-0.2, 0) is 26.9 Å². The van der Waals surface area contributed by atoms with Gasteiger partial charge in [-0.15, -0.1) is 0 Å². The van der Waals surface area contributed by atoms with E-state index in [2.05, 4.69) is 5.10 Å². The number of hydrogen-bond acceptors (Lipinski definition) is 5. The predicted molar refractivity (Wildman–Crippen MR) is 101 cm³/mol. The minimum Gasteiger partial charge on any atom is -0.462 e. The van der Waals surface area contributed by atoms with Gasteiger partial charge in [-0.05, 0) is 37.8 Å². The summed E-state index contributed by atoms with van der Waals surface area (Å²) in [6.45, 7) is 3.55. The summed E-state index contributed by atoms with van der Waals surface area (Å²) in [5.74, 6) is -0.583. The number of esters is 1. The highest BCUT2D eigenvalue weighted by Crippen LogP contribution is 2.46. The van der Waals surface area contributed by atoms with E-state index < -0.39 is 17.7 Å². The largest absolute Gasteiger partial charge is 0.462 e. The highest BCUT2D eigenvalue weighted by Gasteiger charge is 2.37. The summed E-state index contributed by atoms with van der Waals surface area (Å²) in [5.41, 5.74) is 0.0422. The van der Waals surface area contributed by atoms with Crippen molar-refractivity contribution in [1.82, 2.24) is 9.78 Å². The Morgan fingerprint density at radius 1 is 1.30 bits per heavy atom.